The Labute approximate surface area is 69.5 Å². The molecule has 0 amide bonds. The Morgan fingerprint density at radius 1 is 1.67 bits per heavy atom. The normalized spacial score (nSPS) is 11.2. The van der Waals surface area contributed by atoms with Crippen LogP contribution in [0.3, 0.4) is 0 Å². The van der Waals surface area contributed by atoms with Crippen molar-refractivity contribution in [2.24, 2.45) is 10.9 Å². The van der Waals surface area contributed by atoms with E-state index in [2.05, 4.69) is 10.1 Å². The van der Waals surface area contributed by atoms with Crippen molar-refractivity contribution in [2.45, 2.75) is 0 Å². The van der Waals surface area contributed by atoms with Gasteiger partial charge < -0.3 is 15.7 Å². The van der Waals surface area contributed by atoms with E-state index in [1.807, 2.05) is 0 Å². The lowest BCUT2D eigenvalue weighted by atomic mass is 10.3. The average Bonchev–Trinajstić information content (AvgIpc) is 2.17. The second-order valence-electron chi connectivity index (χ2n) is 2.07. The third-order valence-corrected chi connectivity index (χ3v) is 1.34. The Bertz CT molecular complexity index is 281. The van der Waals surface area contributed by atoms with Crippen molar-refractivity contribution in [1.82, 2.24) is 4.98 Å². The zero-order chi connectivity index (χ0) is 8.97. The van der Waals surface area contributed by atoms with Gasteiger partial charge in [-0.1, -0.05) is 5.16 Å². The molecule has 0 saturated heterocycles. The van der Waals surface area contributed by atoms with E-state index in [4.69, 9.17) is 15.7 Å². The van der Waals surface area contributed by atoms with Gasteiger partial charge in [-0.15, -0.1) is 0 Å². The quantitative estimate of drug-likeness (QED) is 0.285. The molecule has 0 unspecified atom stereocenters. The number of hydrogen-bond donors (Lipinski definition) is 2. The zero-order valence-electron chi connectivity index (χ0n) is 6.56. The van der Waals surface area contributed by atoms with Gasteiger partial charge in [-0.2, -0.15) is 0 Å². The molecule has 0 atom stereocenters. The van der Waals surface area contributed by atoms with Crippen molar-refractivity contribution in [3.05, 3.63) is 24.0 Å². The maximum Gasteiger partial charge on any atom is 0.188 e. The Morgan fingerprint density at radius 3 is 2.83 bits per heavy atom. The van der Waals surface area contributed by atoms with Gasteiger partial charge in [-0.3, -0.25) is 0 Å². The molecule has 5 nitrogen and oxygen atoms in total. The predicted octanol–water partition coefficient (Wildman–Crippen LogP) is 0.185. The summed E-state index contributed by atoms with van der Waals surface area (Å²) in [5.74, 6) is 0.613. The van der Waals surface area contributed by atoms with E-state index in [1.54, 1.807) is 19.2 Å². The van der Waals surface area contributed by atoms with Crippen LogP contribution < -0.4 is 10.5 Å². The lowest BCUT2D eigenvalue weighted by Crippen LogP contribution is -2.14. The van der Waals surface area contributed by atoms with Gasteiger partial charge in [0.05, 0.1) is 13.3 Å². The minimum Gasteiger partial charge on any atom is -0.495 e. The Hall–Kier alpha value is -1.78. The number of pyridine rings is 1. The summed E-state index contributed by atoms with van der Waals surface area (Å²) in [5, 5.41) is 11.1. The van der Waals surface area contributed by atoms with Gasteiger partial charge in [-0.05, 0) is 12.1 Å². The molecule has 0 radical (unpaired) electrons. The summed E-state index contributed by atoms with van der Waals surface area (Å²) >= 11 is 0. The number of amidine groups is 1. The molecule has 1 heterocycles. The highest BCUT2D eigenvalue weighted by Crippen LogP contribution is 2.07. The summed E-state index contributed by atoms with van der Waals surface area (Å²) in [6.45, 7) is 0. The Balaban J connectivity index is 2.92. The van der Waals surface area contributed by atoms with Gasteiger partial charge in [0.2, 0.25) is 0 Å². The van der Waals surface area contributed by atoms with Crippen molar-refractivity contribution in [2.75, 3.05) is 7.11 Å². The maximum absolute atomic E-state index is 8.31. The summed E-state index contributed by atoms with van der Waals surface area (Å²) in [5.41, 5.74) is 5.70. The molecule has 0 bridgehead atoms. The number of nitrogens with two attached hydrogens (primary N) is 1. The van der Waals surface area contributed by atoms with E-state index in [-0.39, 0.29) is 5.84 Å². The van der Waals surface area contributed by atoms with Crippen molar-refractivity contribution >= 4 is 5.84 Å². The number of hydrogen-bond acceptors (Lipinski definition) is 4. The molecule has 1 rings (SSSR count). The summed E-state index contributed by atoms with van der Waals surface area (Å²) < 4.78 is 4.88. The lowest BCUT2D eigenvalue weighted by molar-refractivity contribution is 0.318. The van der Waals surface area contributed by atoms with Crippen LogP contribution in [-0.2, 0) is 0 Å². The summed E-state index contributed by atoms with van der Waals surface area (Å²) in [6, 6.07) is 3.29. The number of methoxy groups -OCH3 is 1. The number of aromatic nitrogens is 1. The van der Waals surface area contributed by atoms with Gasteiger partial charge in [0.25, 0.3) is 0 Å². The topological polar surface area (TPSA) is 80.7 Å². The number of ether oxygens (including phenoxy) is 1. The van der Waals surface area contributed by atoms with E-state index in [1.165, 1.54) is 6.20 Å². The molecule has 0 fully saturated rings. The standard InChI is InChI=1S/C7H9N3O2/c1-12-5-2-3-6(9-4-5)7(8)10-11/h2-4,11H,1H3,(H2,8,10). The number of rotatable bonds is 2. The van der Waals surface area contributed by atoms with Crippen LogP contribution in [0.5, 0.6) is 5.75 Å². The SMILES string of the molecule is COc1ccc(/C(N)=N/O)nc1. The zero-order valence-corrected chi connectivity index (χ0v) is 6.56. The van der Waals surface area contributed by atoms with Crippen LogP contribution in [0.2, 0.25) is 0 Å². The van der Waals surface area contributed by atoms with Crippen molar-refractivity contribution in [3.8, 4) is 5.75 Å². The third-order valence-electron chi connectivity index (χ3n) is 1.34. The van der Waals surface area contributed by atoms with Crippen molar-refractivity contribution in [1.29, 1.82) is 0 Å². The average molecular weight is 167 g/mol. The summed E-state index contributed by atoms with van der Waals surface area (Å²) in [4.78, 5) is 3.88. The van der Waals surface area contributed by atoms with Crippen molar-refractivity contribution < 1.29 is 9.94 Å². The van der Waals surface area contributed by atoms with Crippen LogP contribution in [0.1, 0.15) is 5.69 Å². The first-order chi connectivity index (χ1) is 5.77. The molecule has 0 saturated carbocycles. The third kappa shape index (κ3) is 1.63. The monoisotopic (exact) mass is 167 g/mol. The molecule has 1 aromatic heterocycles. The van der Waals surface area contributed by atoms with Gasteiger partial charge in [0.1, 0.15) is 11.4 Å². The predicted molar refractivity (Wildman–Crippen MR) is 43.3 cm³/mol. The molecule has 5 heteroatoms. The molecule has 64 valence electrons. The van der Waals surface area contributed by atoms with E-state index < -0.39 is 0 Å². The molecule has 0 spiro atoms. The molecular weight excluding hydrogens is 158 g/mol. The van der Waals surface area contributed by atoms with Crippen LogP contribution in [0.25, 0.3) is 0 Å². The first-order valence-electron chi connectivity index (χ1n) is 3.26. The second-order valence-corrected chi connectivity index (χ2v) is 2.07. The molecule has 0 aliphatic carbocycles. The summed E-state index contributed by atoms with van der Waals surface area (Å²) in [7, 11) is 1.54. The smallest absolute Gasteiger partial charge is 0.188 e. The minimum absolute atomic E-state index is 0.0161. The second kappa shape index (κ2) is 3.56. The van der Waals surface area contributed by atoms with Gasteiger partial charge in [0.15, 0.2) is 5.84 Å². The molecule has 0 aliphatic heterocycles. The highest BCUT2D eigenvalue weighted by Gasteiger charge is 1.99. The van der Waals surface area contributed by atoms with Crippen LogP contribution in [-0.4, -0.2) is 23.1 Å². The van der Waals surface area contributed by atoms with Crippen LogP contribution >= 0.6 is 0 Å². The highest BCUT2D eigenvalue weighted by molar-refractivity contribution is 5.95. The minimum atomic E-state index is -0.0161. The largest absolute Gasteiger partial charge is 0.495 e. The fourth-order valence-electron chi connectivity index (χ4n) is 0.704. The molecule has 12 heavy (non-hydrogen) atoms. The van der Waals surface area contributed by atoms with E-state index >= 15 is 0 Å². The van der Waals surface area contributed by atoms with Crippen LogP contribution in [0.4, 0.5) is 0 Å². The molecule has 3 N–H and O–H groups in total. The van der Waals surface area contributed by atoms with Gasteiger partial charge >= 0.3 is 0 Å². The first kappa shape index (κ1) is 8.32. The fraction of sp³-hybridized carbons (Fsp3) is 0.143. The Kier molecular flexibility index (Phi) is 2.47. The molecular formula is C7H9N3O2. The summed E-state index contributed by atoms with van der Waals surface area (Å²) in [6.07, 6.45) is 1.49. The Morgan fingerprint density at radius 2 is 2.42 bits per heavy atom. The van der Waals surface area contributed by atoms with E-state index in [9.17, 15) is 0 Å². The maximum atomic E-state index is 8.31. The van der Waals surface area contributed by atoms with Crippen LogP contribution in [0.15, 0.2) is 23.5 Å². The van der Waals surface area contributed by atoms with E-state index in [0.717, 1.165) is 0 Å². The highest BCUT2D eigenvalue weighted by atomic mass is 16.5. The first-order valence-corrected chi connectivity index (χ1v) is 3.26. The van der Waals surface area contributed by atoms with E-state index in [0.29, 0.717) is 11.4 Å². The van der Waals surface area contributed by atoms with Gasteiger partial charge in [0, 0.05) is 0 Å². The molecule has 1 aromatic rings. The number of oxime groups is 1. The van der Waals surface area contributed by atoms with Crippen molar-refractivity contribution in [3.63, 3.8) is 0 Å². The fourth-order valence-corrected chi connectivity index (χ4v) is 0.704. The van der Waals surface area contributed by atoms with Gasteiger partial charge in [-0.25, -0.2) is 4.98 Å². The number of nitrogens with zero attached hydrogens (tertiary/aromatic N) is 2. The molecule has 0 aromatic carbocycles. The lowest BCUT2D eigenvalue weighted by Gasteiger charge is -1.99. The molecule has 0 aliphatic rings. The van der Waals surface area contributed by atoms with Crippen LogP contribution in [0, 0.1) is 0 Å².